The summed E-state index contributed by atoms with van der Waals surface area (Å²) in [6, 6.07) is 15.7. The molecular weight excluding hydrogens is 540 g/mol. The van der Waals surface area contributed by atoms with Crippen molar-refractivity contribution < 1.29 is 4.79 Å². The first-order valence-electron chi connectivity index (χ1n) is 8.00. The van der Waals surface area contributed by atoms with Gasteiger partial charge in [0.05, 0.1) is 16.7 Å². The summed E-state index contributed by atoms with van der Waals surface area (Å²) in [7, 11) is 0. The fourth-order valence-corrected chi connectivity index (χ4v) is 3.38. The van der Waals surface area contributed by atoms with Gasteiger partial charge in [-0.05, 0) is 58.2 Å². The maximum atomic E-state index is 12.4. The Morgan fingerprint density at radius 2 is 1.63 bits per heavy atom. The predicted octanol–water partition coefficient (Wildman–Crippen LogP) is 5.37. The second kappa shape index (κ2) is 8.95. The second-order valence-corrected chi connectivity index (χ2v) is 8.48. The lowest BCUT2D eigenvalue weighted by Crippen LogP contribution is -2.20. The molecule has 8 heteroatoms. The SMILES string of the molecule is C/C(=N\NC(=O)c1nn(Cc2ccc(Br)cc2)cc1Br)c1ccc(Br)cc1. The van der Waals surface area contributed by atoms with Crippen molar-refractivity contribution in [2.75, 3.05) is 0 Å². The number of halogens is 3. The molecule has 0 spiro atoms. The van der Waals surface area contributed by atoms with Crippen molar-refractivity contribution in [2.24, 2.45) is 5.10 Å². The third-order valence-corrected chi connectivity index (χ3v) is 5.41. The van der Waals surface area contributed by atoms with Gasteiger partial charge in [0.2, 0.25) is 0 Å². The van der Waals surface area contributed by atoms with Crippen LogP contribution in [0.4, 0.5) is 0 Å². The molecule has 0 saturated heterocycles. The first kappa shape index (κ1) is 20.0. The standard InChI is InChI=1S/C19H15Br3N4O/c1-12(14-4-8-16(21)9-5-14)23-24-19(27)18-17(22)11-26(25-18)10-13-2-6-15(20)7-3-13/h2-9,11H,10H2,1H3,(H,24,27)/b23-12+. The number of hydrazone groups is 1. The molecule has 0 aliphatic rings. The number of hydrogen-bond acceptors (Lipinski definition) is 3. The van der Waals surface area contributed by atoms with E-state index < -0.39 is 0 Å². The fraction of sp³-hybridized carbons (Fsp3) is 0.105. The Balaban J connectivity index is 1.69. The van der Waals surface area contributed by atoms with Crippen LogP contribution in [0.15, 0.2) is 73.2 Å². The number of aromatic nitrogens is 2. The van der Waals surface area contributed by atoms with E-state index in [2.05, 4.69) is 63.4 Å². The molecule has 0 radical (unpaired) electrons. The highest BCUT2D eigenvalue weighted by atomic mass is 79.9. The topological polar surface area (TPSA) is 59.3 Å². The molecule has 3 rings (SSSR count). The highest BCUT2D eigenvalue weighted by molar-refractivity contribution is 9.11. The maximum Gasteiger partial charge on any atom is 0.293 e. The van der Waals surface area contributed by atoms with Crippen LogP contribution in [0.1, 0.15) is 28.5 Å². The summed E-state index contributed by atoms with van der Waals surface area (Å²) in [5.74, 6) is -0.368. The lowest BCUT2D eigenvalue weighted by Gasteiger charge is -2.03. The highest BCUT2D eigenvalue weighted by Gasteiger charge is 2.15. The molecule has 138 valence electrons. The smallest absolute Gasteiger partial charge is 0.266 e. The predicted molar refractivity (Wildman–Crippen MR) is 117 cm³/mol. The van der Waals surface area contributed by atoms with Gasteiger partial charge in [-0.1, -0.05) is 56.1 Å². The largest absolute Gasteiger partial charge is 0.293 e. The molecule has 0 unspecified atom stereocenters. The van der Waals surface area contributed by atoms with Gasteiger partial charge < -0.3 is 0 Å². The van der Waals surface area contributed by atoms with Gasteiger partial charge in [-0.25, -0.2) is 5.43 Å². The molecule has 3 aromatic rings. The molecule has 0 aliphatic heterocycles. The minimum absolute atomic E-state index is 0.291. The third-order valence-electron chi connectivity index (χ3n) is 3.78. The van der Waals surface area contributed by atoms with Crippen molar-refractivity contribution in [1.82, 2.24) is 15.2 Å². The molecule has 1 heterocycles. The van der Waals surface area contributed by atoms with E-state index in [0.29, 0.717) is 22.4 Å². The van der Waals surface area contributed by atoms with Crippen LogP contribution in [0.2, 0.25) is 0 Å². The van der Waals surface area contributed by atoms with Crippen LogP contribution >= 0.6 is 47.8 Å². The van der Waals surface area contributed by atoms with E-state index >= 15 is 0 Å². The summed E-state index contributed by atoms with van der Waals surface area (Å²) in [4.78, 5) is 12.4. The quantitative estimate of drug-likeness (QED) is 0.340. The summed E-state index contributed by atoms with van der Waals surface area (Å²) < 4.78 is 4.34. The normalized spacial score (nSPS) is 11.5. The van der Waals surface area contributed by atoms with Crippen molar-refractivity contribution >= 4 is 59.4 Å². The number of carbonyl (C=O) groups is 1. The van der Waals surface area contributed by atoms with Crippen molar-refractivity contribution in [3.8, 4) is 0 Å². The van der Waals surface area contributed by atoms with Gasteiger partial charge in [0.25, 0.3) is 5.91 Å². The Bertz CT molecular complexity index is 979. The van der Waals surface area contributed by atoms with E-state index in [-0.39, 0.29) is 5.91 Å². The molecule has 27 heavy (non-hydrogen) atoms. The van der Waals surface area contributed by atoms with Gasteiger partial charge in [0.1, 0.15) is 0 Å². The van der Waals surface area contributed by atoms with Gasteiger partial charge in [-0.2, -0.15) is 10.2 Å². The number of nitrogens with zero attached hydrogens (tertiary/aromatic N) is 3. The summed E-state index contributed by atoms with van der Waals surface area (Å²) in [5, 5.41) is 8.53. The van der Waals surface area contributed by atoms with Crippen LogP contribution in [-0.2, 0) is 6.54 Å². The van der Waals surface area contributed by atoms with Crippen LogP contribution in [0, 0.1) is 0 Å². The molecule has 1 aromatic heterocycles. The highest BCUT2D eigenvalue weighted by Crippen LogP contribution is 2.17. The van der Waals surface area contributed by atoms with Crippen LogP contribution in [0.5, 0.6) is 0 Å². The first-order valence-corrected chi connectivity index (χ1v) is 10.4. The van der Waals surface area contributed by atoms with Gasteiger partial charge >= 0.3 is 0 Å². The Hall–Kier alpha value is -1.77. The number of hydrogen-bond donors (Lipinski definition) is 1. The molecule has 0 fully saturated rings. The zero-order valence-electron chi connectivity index (χ0n) is 14.3. The monoisotopic (exact) mass is 552 g/mol. The van der Waals surface area contributed by atoms with E-state index in [1.165, 1.54) is 0 Å². The zero-order chi connectivity index (χ0) is 19.4. The van der Waals surface area contributed by atoms with E-state index in [1.54, 1.807) is 10.9 Å². The minimum Gasteiger partial charge on any atom is -0.266 e. The van der Waals surface area contributed by atoms with Gasteiger partial charge in [0, 0.05) is 15.1 Å². The van der Waals surface area contributed by atoms with E-state index in [9.17, 15) is 4.79 Å². The lowest BCUT2D eigenvalue weighted by molar-refractivity contribution is 0.0948. The van der Waals surface area contributed by atoms with Crippen molar-refractivity contribution in [1.29, 1.82) is 0 Å². The van der Waals surface area contributed by atoms with Crippen LogP contribution < -0.4 is 5.43 Å². The Kier molecular flexibility index (Phi) is 6.62. The average Bonchev–Trinajstić information content (AvgIpc) is 3.02. The number of nitrogens with one attached hydrogen (secondary N) is 1. The maximum absolute atomic E-state index is 12.4. The molecule has 0 bridgehead atoms. The third kappa shape index (κ3) is 5.37. The number of carbonyl (C=O) groups excluding carboxylic acids is 1. The average molecular weight is 555 g/mol. The summed E-state index contributed by atoms with van der Waals surface area (Å²) in [6.07, 6.45) is 1.78. The molecular formula is C19H15Br3N4O. The zero-order valence-corrected chi connectivity index (χ0v) is 19.0. The molecule has 2 aromatic carbocycles. The van der Waals surface area contributed by atoms with Gasteiger partial charge in [-0.3, -0.25) is 9.48 Å². The lowest BCUT2D eigenvalue weighted by atomic mass is 10.1. The molecule has 0 atom stereocenters. The number of amides is 1. The Labute approximate surface area is 182 Å². The molecule has 5 nitrogen and oxygen atoms in total. The minimum atomic E-state index is -0.368. The van der Waals surface area contributed by atoms with E-state index in [1.807, 2.05) is 55.5 Å². The van der Waals surface area contributed by atoms with Crippen LogP contribution in [0.3, 0.4) is 0 Å². The molecule has 0 saturated carbocycles. The second-order valence-electron chi connectivity index (χ2n) is 5.79. The number of benzene rings is 2. The molecule has 0 aliphatic carbocycles. The van der Waals surface area contributed by atoms with E-state index in [4.69, 9.17) is 0 Å². The summed E-state index contributed by atoms with van der Waals surface area (Å²) in [6.45, 7) is 2.41. The van der Waals surface area contributed by atoms with Gasteiger partial charge in [-0.15, -0.1) is 0 Å². The molecule has 1 amide bonds. The number of rotatable bonds is 5. The van der Waals surface area contributed by atoms with Crippen molar-refractivity contribution in [3.05, 3.63) is 85.0 Å². The Morgan fingerprint density at radius 3 is 2.26 bits per heavy atom. The Morgan fingerprint density at radius 1 is 1.04 bits per heavy atom. The van der Waals surface area contributed by atoms with Crippen molar-refractivity contribution in [2.45, 2.75) is 13.5 Å². The van der Waals surface area contributed by atoms with E-state index in [0.717, 1.165) is 20.1 Å². The van der Waals surface area contributed by atoms with Crippen LogP contribution in [0.25, 0.3) is 0 Å². The first-order chi connectivity index (χ1) is 12.9. The van der Waals surface area contributed by atoms with Crippen molar-refractivity contribution in [3.63, 3.8) is 0 Å². The summed E-state index contributed by atoms with van der Waals surface area (Å²) >= 11 is 10.2. The molecule has 1 N–H and O–H groups in total. The fourth-order valence-electron chi connectivity index (χ4n) is 2.35. The van der Waals surface area contributed by atoms with Crippen LogP contribution in [-0.4, -0.2) is 21.4 Å². The summed E-state index contributed by atoms with van der Waals surface area (Å²) in [5.41, 5.74) is 5.58. The van der Waals surface area contributed by atoms with Gasteiger partial charge in [0.15, 0.2) is 5.69 Å².